The molecule has 0 heterocycles. The fraction of sp³-hybridized carbons (Fsp3) is 0.429. The molecule has 0 aliphatic heterocycles. The predicted octanol–water partition coefficient (Wildman–Crippen LogP) is 1.47. The average Bonchev–Trinajstić information content (AvgIpc) is 2.49. The molecule has 0 radical (unpaired) electrons. The van der Waals surface area contributed by atoms with E-state index in [1.165, 1.54) is 25.3 Å². The molecule has 1 rings (SSSR count). The molecule has 23 heavy (non-hydrogen) atoms. The number of nitrogens with one attached hydrogen (secondary N) is 2. The summed E-state index contributed by atoms with van der Waals surface area (Å²) in [7, 11) is 1.50. The van der Waals surface area contributed by atoms with Gasteiger partial charge in [0.1, 0.15) is 6.61 Å². The Kier molecular flexibility index (Phi) is 7.49. The Labute approximate surface area is 130 Å². The van der Waals surface area contributed by atoms with Crippen molar-refractivity contribution in [2.45, 2.75) is 12.7 Å². The highest BCUT2D eigenvalue weighted by atomic mass is 19.4. The second-order valence-electron chi connectivity index (χ2n) is 4.43. The molecule has 0 aromatic heterocycles. The van der Waals surface area contributed by atoms with Gasteiger partial charge in [-0.05, 0) is 11.6 Å². The maximum Gasteiger partial charge on any atom is 0.471 e. The third-order valence-corrected chi connectivity index (χ3v) is 2.66. The molecule has 0 aliphatic rings. The number of benzene rings is 1. The monoisotopic (exact) mass is 334 g/mol. The first-order chi connectivity index (χ1) is 10.8. The van der Waals surface area contributed by atoms with Gasteiger partial charge in [0.05, 0.1) is 13.2 Å². The summed E-state index contributed by atoms with van der Waals surface area (Å²) in [6.45, 7) is 0.364. The summed E-state index contributed by atoms with van der Waals surface area (Å²) in [5.74, 6) is -2.50. The van der Waals surface area contributed by atoms with E-state index in [9.17, 15) is 22.8 Å². The Morgan fingerprint density at radius 3 is 2.52 bits per heavy atom. The molecule has 0 saturated heterocycles. The molecule has 0 saturated carbocycles. The van der Waals surface area contributed by atoms with Gasteiger partial charge in [0.25, 0.3) is 0 Å². The lowest BCUT2D eigenvalue weighted by molar-refractivity contribution is -0.167. The summed E-state index contributed by atoms with van der Waals surface area (Å²) in [4.78, 5) is 22.5. The van der Waals surface area contributed by atoms with Gasteiger partial charge in [-0.25, -0.2) is 0 Å². The Hall–Kier alpha value is -2.13. The normalized spacial score (nSPS) is 11.1. The van der Waals surface area contributed by atoms with E-state index in [-0.39, 0.29) is 25.4 Å². The Morgan fingerprint density at radius 2 is 1.87 bits per heavy atom. The fourth-order valence-electron chi connectivity index (χ4n) is 1.54. The minimum absolute atomic E-state index is 0.0181. The zero-order chi connectivity index (χ0) is 17.3. The first-order valence-corrected chi connectivity index (χ1v) is 6.64. The quantitative estimate of drug-likeness (QED) is 0.706. The first-order valence-electron chi connectivity index (χ1n) is 6.64. The van der Waals surface area contributed by atoms with Crippen LogP contribution in [-0.4, -0.2) is 44.9 Å². The lowest BCUT2D eigenvalue weighted by Gasteiger charge is -2.13. The van der Waals surface area contributed by atoms with Crippen LogP contribution in [0.5, 0.6) is 0 Å². The van der Waals surface area contributed by atoms with E-state index in [4.69, 9.17) is 9.47 Å². The van der Waals surface area contributed by atoms with Crippen molar-refractivity contribution < 1.29 is 32.2 Å². The minimum atomic E-state index is -4.98. The van der Waals surface area contributed by atoms with Gasteiger partial charge in [0, 0.05) is 19.3 Å². The molecular formula is C14H17F3N2O4. The molecule has 0 bridgehead atoms. The molecule has 0 spiro atoms. The smallest absolute Gasteiger partial charge is 0.382 e. The third-order valence-electron chi connectivity index (χ3n) is 2.66. The summed E-state index contributed by atoms with van der Waals surface area (Å²) in [6.07, 6.45) is -4.98. The van der Waals surface area contributed by atoms with E-state index >= 15 is 0 Å². The molecular weight excluding hydrogens is 317 g/mol. The highest BCUT2D eigenvalue weighted by molar-refractivity contribution is 5.95. The van der Waals surface area contributed by atoms with Crippen LogP contribution in [0, 0.1) is 0 Å². The van der Waals surface area contributed by atoms with Crippen LogP contribution in [0.4, 0.5) is 18.9 Å². The molecule has 0 aliphatic carbocycles. The number of methoxy groups -OCH3 is 1. The fourth-order valence-corrected chi connectivity index (χ4v) is 1.54. The van der Waals surface area contributed by atoms with Gasteiger partial charge in [-0.3, -0.25) is 9.59 Å². The van der Waals surface area contributed by atoms with Gasteiger partial charge < -0.3 is 20.1 Å². The van der Waals surface area contributed by atoms with Crippen LogP contribution >= 0.6 is 0 Å². The molecule has 1 aromatic carbocycles. The first kappa shape index (κ1) is 18.9. The lowest BCUT2D eigenvalue weighted by Crippen LogP contribution is -2.31. The SMILES string of the molecule is COCCOCC(=O)NCc1ccccc1NC(=O)C(F)(F)F. The third kappa shape index (κ3) is 7.11. The maximum absolute atomic E-state index is 12.3. The predicted molar refractivity (Wildman–Crippen MR) is 75.7 cm³/mol. The average molecular weight is 334 g/mol. The molecule has 128 valence electrons. The Balaban J connectivity index is 2.54. The molecule has 6 nitrogen and oxygen atoms in total. The zero-order valence-electron chi connectivity index (χ0n) is 12.4. The number of carbonyl (C=O) groups is 2. The highest BCUT2D eigenvalue weighted by Crippen LogP contribution is 2.20. The number of halogens is 3. The minimum Gasteiger partial charge on any atom is -0.382 e. The van der Waals surface area contributed by atoms with Crippen molar-refractivity contribution in [2.75, 3.05) is 32.2 Å². The van der Waals surface area contributed by atoms with Crippen molar-refractivity contribution in [2.24, 2.45) is 0 Å². The molecule has 0 unspecified atom stereocenters. The molecule has 1 aromatic rings. The molecule has 0 fully saturated rings. The van der Waals surface area contributed by atoms with E-state index in [1.807, 2.05) is 0 Å². The van der Waals surface area contributed by atoms with Crippen LogP contribution in [0.15, 0.2) is 24.3 Å². The van der Waals surface area contributed by atoms with Gasteiger partial charge in [0.2, 0.25) is 5.91 Å². The number of amides is 2. The summed E-state index contributed by atoms with van der Waals surface area (Å²) in [6, 6.07) is 5.88. The van der Waals surface area contributed by atoms with E-state index in [0.29, 0.717) is 12.2 Å². The van der Waals surface area contributed by atoms with E-state index in [1.54, 1.807) is 11.4 Å². The van der Waals surface area contributed by atoms with Crippen LogP contribution in [0.2, 0.25) is 0 Å². The summed E-state index contributed by atoms with van der Waals surface area (Å²) in [5.41, 5.74) is 0.325. The van der Waals surface area contributed by atoms with Crippen molar-refractivity contribution in [3.8, 4) is 0 Å². The molecule has 2 N–H and O–H groups in total. The number of rotatable bonds is 8. The number of para-hydroxylation sites is 1. The maximum atomic E-state index is 12.3. The summed E-state index contributed by atoms with van der Waals surface area (Å²) >= 11 is 0. The number of carbonyl (C=O) groups excluding carboxylic acids is 2. The van der Waals surface area contributed by atoms with E-state index in [0.717, 1.165) is 0 Å². The van der Waals surface area contributed by atoms with Gasteiger partial charge in [-0.2, -0.15) is 13.2 Å². The number of hydrogen-bond donors (Lipinski definition) is 2. The summed E-state index contributed by atoms with van der Waals surface area (Å²) < 4.78 is 46.6. The van der Waals surface area contributed by atoms with Crippen molar-refractivity contribution in [3.05, 3.63) is 29.8 Å². The number of anilines is 1. The highest BCUT2D eigenvalue weighted by Gasteiger charge is 2.38. The van der Waals surface area contributed by atoms with Gasteiger partial charge in [0.15, 0.2) is 0 Å². The van der Waals surface area contributed by atoms with Crippen LogP contribution in [0.3, 0.4) is 0 Å². The Bertz CT molecular complexity index is 535. The van der Waals surface area contributed by atoms with Crippen molar-refractivity contribution in [1.29, 1.82) is 0 Å². The van der Waals surface area contributed by atoms with Crippen LogP contribution < -0.4 is 10.6 Å². The number of alkyl halides is 3. The van der Waals surface area contributed by atoms with Gasteiger partial charge in [-0.1, -0.05) is 18.2 Å². The van der Waals surface area contributed by atoms with Crippen LogP contribution in [-0.2, 0) is 25.6 Å². The molecule has 9 heteroatoms. The second kappa shape index (κ2) is 9.11. The lowest BCUT2D eigenvalue weighted by atomic mass is 10.1. The van der Waals surface area contributed by atoms with Gasteiger partial charge in [-0.15, -0.1) is 0 Å². The van der Waals surface area contributed by atoms with Gasteiger partial charge >= 0.3 is 12.1 Å². The largest absolute Gasteiger partial charge is 0.471 e. The second-order valence-corrected chi connectivity index (χ2v) is 4.43. The molecule has 0 atom stereocenters. The van der Waals surface area contributed by atoms with E-state index < -0.39 is 18.0 Å². The number of hydrogen-bond acceptors (Lipinski definition) is 4. The number of ether oxygens (including phenoxy) is 2. The standard InChI is InChI=1S/C14H17F3N2O4/c1-22-6-7-23-9-12(20)18-8-10-4-2-3-5-11(10)19-13(21)14(15,16)17/h2-5H,6-9H2,1H3,(H,18,20)(H,19,21). The van der Waals surface area contributed by atoms with Crippen LogP contribution in [0.1, 0.15) is 5.56 Å². The Morgan fingerprint density at radius 1 is 1.17 bits per heavy atom. The topological polar surface area (TPSA) is 76.7 Å². The zero-order valence-corrected chi connectivity index (χ0v) is 12.4. The van der Waals surface area contributed by atoms with Crippen molar-refractivity contribution in [1.82, 2.24) is 5.32 Å². The van der Waals surface area contributed by atoms with Crippen LogP contribution in [0.25, 0.3) is 0 Å². The summed E-state index contributed by atoms with van der Waals surface area (Å²) in [5, 5.41) is 4.26. The van der Waals surface area contributed by atoms with E-state index in [2.05, 4.69) is 5.32 Å². The molecule has 2 amide bonds. The van der Waals surface area contributed by atoms with Crippen molar-refractivity contribution in [3.63, 3.8) is 0 Å². The van der Waals surface area contributed by atoms with Crippen molar-refractivity contribution >= 4 is 17.5 Å².